The number of hydrogen-bond acceptors (Lipinski definition) is 11. The molecule has 4 aliphatic heterocycles. The zero-order valence-corrected chi connectivity index (χ0v) is 40.1. The van der Waals surface area contributed by atoms with Gasteiger partial charge in [0.05, 0.1) is 63.8 Å². The standard InChI is InChI=1S/C51H58N10O9/c1-28(2)41(56-48(64)67-5)46(62)60-25-51(17-18-51)19-38(60)44-52-20-36(54-44)32-11-7-30(8-12-32)31-9-13-33(14-10-31)37-21-53-45(55-37)39-24-59(26-61(39)47(63)42(29(3)4)57-49(65)68-6)50(66)58-22-34-15-16-40-43(35(34)23-58)70-27-69-40/h7-16,20-21,28-29,38-39,41-42H,17-19,22-27H2,1-6H3,(H,52,54)(H,53,55)(H,56,64)(H,57,65)/t38-,39?,41-,42-/m0/s1. The maximum Gasteiger partial charge on any atom is 0.407 e. The van der Waals surface area contributed by atoms with Gasteiger partial charge in [-0.2, -0.15) is 0 Å². The molecular weight excluding hydrogens is 897 g/mol. The first-order chi connectivity index (χ1) is 33.7. The Hall–Kier alpha value is -7.57. The molecule has 6 amide bonds. The summed E-state index contributed by atoms with van der Waals surface area (Å²) in [5.74, 6) is 1.66. The summed E-state index contributed by atoms with van der Waals surface area (Å²) >= 11 is 0. The summed E-state index contributed by atoms with van der Waals surface area (Å²) in [5.41, 5.74) is 7.41. The summed E-state index contributed by atoms with van der Waals surface area (Å²) in [5, 5.41) is 5.43. The lowest BCUT2D eigenvalue weighted by molar-refractivity contribution is -0.136. The third-order valence-electron chi connectivity index (χ3n) is 14.4. The lowest BCUT2D eigenvalue weighted by atomic mass is 10.0. The fourth-order valence-corrected chi connectivity index (χ4v) is 10.2. The number of hydrogen-bond donors (Lipinski definition) is 4. The molecule has 10 rings (SSSR count). The average Bonchev–Trinajstić information content (AvgIpc) is 4.12. The van der Waals surface area contributed by atoms with Gasteiger partial charge in [-0.3, -0.25) is 9.59 Å². The zero-order valence-electron chi connectivity index (χ0n) is 40.1. The summed E-state index contributed by atoms with van der Waals surface area (Å²) in [7, 11) is 2.54. The summed E-state index contributed by atoms with van der Waals surface area (Å²) in [6, 6.07) is 17.4. The molecule has 4 atom stereocenters. The molecule has 0 bridgehead atoms. The molecule has 5 aliphatic rings. The van der Waals surface area contributed by atoms with Crippen LogP contribution in [0.3, 0.4) is 0 Å². The lowest BCUT2D eigenvalue weighted by Gasteiger charge is -2.30. The number of amides is 6. The maximum absolute atomic E-state index is 14.4. The molecule has 1 saturated carbocycles. The molecule has 2 aromatic heterocycles. The van der Waals surface area contributed by atoms with E-state index in [1.54, 1.807) is 20.9 Å². The molecule has 19 nitrogen and oxygen atoms in total. The number of alkyl carbamates (subject to hydrolysis) is 2. The second-order valence-electron chi connectivity index (χ2n) is 19.7. The number of rotatable bonds is 11. The van der Waals surface area contributed by atoms with Gasteiger partial charge in [-0.15, -0.1) is 0 Å². The van der Waals surface area contributed by atoms with Crippen molar-refractivity contribution >= 4 is 30.0 Å². The van der Waals surface area contributed by atoms with Gasteiger partial charge in [0.2, 0.25) is 18.6 Å². The summed E-state index contributed by atoms with van der Waals surface area (Å²) < 4.78 is 21.0. The van der Waals surface area contributed by atoms with Crippen molar-refractivity contribution in [3.05, 3.63) is 95.8 Å². The van der Waals surface area contributed by atoms with E-state index in [9.17, 15) is 24.0 Å². The van der Waals surface area contributed by atoms with E-state index in [0.717, 1.165) is 69.9 Å². The highest BCUT2D eigenvalue weighted by atomic mass is 16.7. The number of imidazole rings is 2. The number of H-pyrrole nitrogens is 2. The summed E-state index contributed by atoms with van der Waals surface area (Å²) in [6.07, 6.45) is 5.13. The van der Waals surface area contributed by atoms with Crippen molar-refractivity contribution in [3.63, 3.8) is 0 Å². The van der Waals surface area contributed by atoms with E-state index in [2.05, 4.69) is 32.7 Å². The van der Waals surface area contributed by atoms with E-state index < -0.39 is 30.3 Å². The van der Waals surface area contributed by atoms with Crippen molar-refractivity contribution in [1.82, 2.24) is 50.2 Å². The summed E-state index contributed by atoms with van der Waals surface area (Å²) in [6.45, 7) is 9.16. The van der Waals surface area contributed by atoms with Gasteiger partial charge in [0, 0.05) is 18.7 Å². The smallest absolute Gasteiger partial charge is 0.407 e. The van der Waals surface area contributed by atoms with Crippen LogP contribution in [0, 0.1) is 17.3 Å². The Morgan fingerprint density at radius 3 is 1.77 bits per heavy atom. The van der Waals surface area contributed by atoms with Crippen LogP contribution in [0.5, 0.6) is 11.5 Å². The van der Waals surface area contributed by atoms with Crippen LogP contribution in [0.25, 0.3) is 33.6 Å². The fraction of sp³-hybridized carbons (Fsp3) is 0.431. The van der Waals surface area contributed by atoms with Crippen LogP contribution in [0.15, 0.2) is 73.1 Å². The molecule has 19 heteroatoms. The number of benzene rings is 3. The van der Waals surface area contributed by atoms with E-state index in [1.165, 1.54) is 14.2 Å². The Morgan fingerprint density at radius 2 is 1.23 bits per heavy atom. The van der Waals surface area contributed by atoms with Crippen molar-refractivity contribution in [1.29, 1.82) is 0 Å². The minimum atomic E-state index is -0.911. The molecule has 1 unspecified atom stereocenters. The molecule has 3 fully saturated rings. The number of ether oxygens (including phenoxy) is 4. The minimum Gasteiger partial charge on any atom is -0.454 e. The molecule has 4 N–H and O–H groups in total. The number of nitrogens with one attached hydrogen (secondary N) is 4. The lowest BCUT2D eigenvalue weighted by Crippen LogP contribution is -2.52. The monoisotopic (exact) mass is 954 g/mol. The van der Waals surface area contributed by atoms with Crippen LogP contribution in [0.1, 0.15) is 81.8 Å². The SMILES string of the molecule is COC(=O)N[C@H](C(=O)N1CN(C(=O)N2Cc3ccc4c(c3C2)OCO4)CC1c1ncc(-c2ccc(-c3ccc(-c4cnc([C@@H]5CC6(CC6)CN5C(=O)[C@@H](NC(=O)OC)C(C)C)[nH]4)cc3)cc2)[nH]1)C(C)C. The van der Waals surface area contributed by atoms with Crippen LogP contribution in [-0.4, -0.2) is 122 Å². The molecule has 6 heterocycles. The van der Waals surface area contributed by atoms with Gasteiger partial charge >= 0.3 is 18.2 Å². The Balaban J connectivity index is 0.834. The van der Waals surface area contributed by atoms with Crippen LogP contribution < -0.4 is 20.1 Å². The molecule has 0 radical (unpaired) electrons. The van der Waals surface area contributed by atoms with Crippen molar-refractivity contribution in [3.8, 4) is 45.1 Å². The molecule has 3 aromatic carbocycles. The van der Waals surface area contributed by atoms with Gasteiger partial charge in [0.15, 0.2) is 11.5 Å². The first-order valence-corrected chi connectivity index (χ1v) is 23.8. The van der Waals surface area contributed by atoms with E-state index in [1.807, 2.05) is 87.3 Å². The fourth-order valence-electron chi connectivity index (χ4n) is 10.2. The number of carbonyl (C=O) groups excluding carboxylic acids is 5. The molecule has 2 saturated heterocycles. The van der Waals surface area contributed by atoms with Gasteiger partial charge in [-0.1, -0.05) is 82.3 Å². The van der Waals surface area contributed by atoms with E-state index >= 15 is 0 Å². The first kappa shape index (κ1) is 46.2. The van der Waals surface area contributed by atoms with Crippen LogP contribution >= 0.6 is 0 Å². The Kier molecular flexibility index (Phi) is 12.1. The molecule has 1 aliphatic carbocycles. The third kappa shape index (κ3) is 8.72. The van der Waals surface area contributed by atoms with Gasteiger partial charge in [0.1, 0.15) is 29.8 Å². The Labute approximate surface area is 405 Å². The van der Waals surface area contributed by atoms with E-state index in [-0.39, 0.29) is 61.1 Å². The number of carbonyl (C=O) groups is 5. The molecule has 1 spiro atoms. The normalized spacial score (nSPS) is 19.4. The molecule has 5 aromatic rings. The number of likely N-dealkylation sites (tertiary alicyclic amines) is 1. The highest BCUT2D eigenvalue weighted by Gasteiger charge is 2.55. The van der Waals surface area contributed by atoms with Crippen LogP contribution in [0.4, 0.5) is 14.4 Å². The second kappa shape index (κ2) is 18.4. The van der Waals surface area contributed by atoms with E-state index in [0.29, 0.717) is 37.0 Å². The second-order valence-corrected chi connectivity index (χ2v) is 19.7. The zero-order chi connectivity index (χ0) is 49.0. The van der Waals surface area contributed by atoms with Crippen LogP contribution in [-0.2, 0) is 32.2 Å². The quantitative estimate of drug-likeness (QED) is 0.106. The van der Waals surface area contributed by atoms with Crippen molar-refractivity contribution in [2.75, 3.05) is 40.8 Å². The van der Waals surface area contributed by atoms with Crippen LogP contribution in [0.2, 0.25) is 0 Å². The number of nitrogens with zero attached hydrogens (tertiary/aromatic N) is 6. The topological polar surface area (TPSA) is 217 Å². The predicted molar refractivity (Wildman–Crippen MR) is 254 cm³/mol. The molecule has 70 heavy (non-hydrogen) atoms. The number of fused-ring (bicyclic) bond motifs is 3. The Morgan fingerprint density at radius 1 is 0.686 bits per heavy atom. The number of aromatic nitrogens is 4. The van der Waals surface area contributed by atoms with Gasteiger partial charge in [-0.05, 0) is 70.4 Å². The number of methoxy groups -OCH3 is 2. The van der Waals surface area contributed by atoms with Gasteiger partial charge in [0.25, 0.3) is 0 Å². The third-order valence-corrected chi connectivity index (χ3v) is 14.4. The highest BCUT2D eigenvalue weighted by Crippen LogP contribution is 2.58. The van der Waals surface area contributed by atoms with Crippen molar-refractivity contribution < 1.29 is 42.9 Å². The van der Waals surface area contributed by atoms with E-state index in [4.69, 9.17) is 28.9 Å². The predicted octanol–water partition coefficient (Wildman–Crippen LogP) is 6.96. The highest BCUT2D eigenvalue weighted by molar-refractivity contribution is 5.88. The largest absolute Gasteiger partial charge is 0.454 e. The minimum absolute atomic E-state index is 0.0126. The molecule has 366 valence electrons. The van der Waals surface area contributed by atoms with Crippen molar-refractivity contribution in [2.45, 2.75) is 84.2 Å². The van der Waals surface area contributed by atoms with Gasteiger partial charge < -0.3 is 59.1 Å². The average molecular weight is 955 g/mol. The summed E-state index contributed by atoms with van der Waals surface area (Å²) in [4.78, 5) is 90.4. The van der Waals surface area contributed by atoms with Crippen molar-refractivity contribution in [2.24, 2.45) is 17.3 Å². The van der Waals surface area contributed by atoms with Gasteiger partial charge in [-0.25, -0.2) is 24.4 Å². The first-order valence-electron chi connectivity index (χ1n) is 23.8. The number of urea groups is 1. The molecular formula is C51H58N10O9. The number of aromatic amines is 2. The maximum atomic E-state index is 14.4. The Bertz CT molecular complexity index is 2820.